The smallest absolute Gasteiger partial charge is 0.279 e. The molecule has 1 atom stereocenters. The molecule has 0 fully saturated rings. The van der Waals surface area contributed by atoms with Crippen molar-refractivity contribution in [1.29, 1.82) is 0 Å². The van der Waals surface area contributed by atoms with Crippen molar-refractivity contribution in [3.05, 3.63) is 59.6 Å². The van der Waals surface area contributed by atoms with Crippen LogP contribution >= 0.6 is 23.8 Å². The number of ether oxygens (including phenoxy) is 1. The number of anilines is 1. The van der Waals surface area contributed by atoms with Crippen LogP contribution in [0.1, 0.15) is 6.92 Å². The molecule has 1 amide bonds. The van der Waals surface area contributed by atoms with Gasteiger partial charge >= 0.3 is 0 Å². The van der Waals surface area contributed by atoms with Gasteiger partial charge < -0.3 is 10.5 Å². The number of hydrazine groups is 1. The fourth-order valence-corrected chi connectivity index (χ4v) is 1.65. The summed E-state index contributed by atoms with van der Waals surface area (Å²) in [5.74, 6) is 0.334. The molecule has 0 spiro atoms. The van der Waals surface area contributed by atoms with E-state index in [0.717, 1.165) is 11.2 Å². The second kappa shape index (κ2) is 10.4. The van der Waals surface area contributed by atoms with Crippen molar-refractivity contribution in [3.8, 4) is 5.75 Å². The maximum Gasteiger partial charge on any atom is 0.279 e. The molecule has 2 aromatic carbocycles. The Morgan fingerprint density at radius 1 is 1.22 bits per heavy atom. The summed E-state index contributed by atoms with van der Waals surface area (Å²) in [5.41, 5.74) is 11.8. The number of amides is 1. The second-order valence-corrected chi connectivity index (χ2v) is 5.04. The minimum atomic E-state index is -0.618. The van der Waals surface area contributed by atoms with Gasteiger partial charge in [0.2, 0.25) is 0 Å². The lowest BCUT2D eigenvalue weighted by Gasteiger charge is -2.15. The number of rotatable bonds is 5. The molecule has 0 aliphatic heterocycles. The fourth-order valence-electron chi connectivity index (χ4n) is 1.53. The standard InChI is InChI=1S/C15H15ClN2O2.CH3NS/c1-11(20-14-9-7-12(16)8-10-14)15(19)18-17-13-5-3-2-4-6-13;2-1-3/h2-11,17H,1H3,(H,18,19);1H,(H2,2,3). The van der Waals surface area contributed by atoms with Gasteiger partial charge in [0, 0.05) is 5.02 Å². The van der Waals surface area contributed by atoms with E-state index in [-0.39, 0.29) is 5.91 Å². The van der Waals surface area contributed by atoms with E-state index in [9.17, 15) is 4.79 Å². The highest BCUT2D eigenvalue weighted by molar-refractivity contribution is 7.78. The predicted molar refractivity (Wildman–Crippen MR) is 97.6 cm³/mol. The Kier molecular flexibility index (Phi) is 8.49. The van der Waals surface area contributed by atoms with Crippen molar-refractivity contribution >= 4 is 40.9 Å². The van der Waals surface area contributed by atoms with Crippen LogP contribution in [0.15, 0.2) is 54.6 Å². The molecule has 2 aromatic rings. The van der Waals surface area contributed by atoms with Crippen LogP contribution in [0.4, 0.5) is 5.69 Å². The average Bonchev–Trinajstić information content (AvgIpc) is 2.56. The Morgan fingerprint density at radius 2 is 1.78 bits per heavy atom. The van der Waals surface area contributed by atoms with Gasteiger partial charge in [-0.15, -0.1) is 0 Å². The van der Waals surface area contributed by atoms with Crippen molar-refractivity contribution in [2.24, 2.45) is 5.73 Å². The molecule has 0 saturated heterocycles. The summed E-state index contributed by atoms with van der Waals surface area (Å²) in [7, 11) is 0. The third-order valence-electron chi connectivity index (χ3n) is 2.60. The second-order valence-electron chi connectivity index (χ2n) is 4.33. The highest BCUT2D eigenvalue weighted by atomic mass is 35.5. The minimum Gasteiger partial charge on any atom is -0.481 e. The molecule has 0 saturated carbocycles. The molecule has 0 aliphatic carbocycles. The molecule has 0 radical (unpaired) electrons. The summed E-state index contributed by atoms with van der Waals surface area (Å²) in [6.45, 7) is 1.68. The molecule has 0 aromatic heterocycles. The molecule has 7 heteroatoms. The fraction of sp³-hybridized carbons (Fsp3) is 0.125. The summed E-state index contributed by atoms with van der Waals surface area (Å²) in [4.78, 5) is 11.9. The number of halogens is 1. The molecule has 5 nitrogen and oxygen atoms in total. The molecule has 122 valence electrons. The van der Waals surface area contributed by atoms with E-state index in [0.29, 0.717) is 10.8 Å². The van der Waals surface area contributed by atoms with E-state index in [4.69, 9.17) is 16.3 Å². The first kappa shape index (κ1) is 18.7. The van der Waals surface area contributed by atoms with Crippen LogP contribution in [0, 0.1) is 0 Å². The number of para-hydroxylation sites is 1. The highest BCUT2D eigenvalue weighted by Crippen LogP contribution is 2.16. The number of carbonyl (C=O) groups is 1. The van der Waals surface area contributed by atoms with Gasteiger partial charge in [0.25, 0.3) is 5.91 Å². The van der Waals surface area contributed by atoms with E-state index in [1.54, 1.807) is 31.2 Å². The molecular formula is C16H18ClN3O2S. The molecule has 2 rings (SSSR count). The first-order valence-electron chi connectivity index (χ1n) is 6.75. The number of nitrogens with two attached hydrogens (primary N) is 1. The van der Waals surface area contributed by atoms with E-state index in [1.807, 2.05) is 30.3 Å². The maximum atomic E-state index is 11.9. The molecule has 1 unspecified atom stereocenters. The van der Waals surface area contributed by atoms with Crippen LogP contribution in [0.3, 0.4) is 0 Å². The summed E-state index contributed by atoms with van der Waals surface area (Å²) in [6, 6.07) is 16.2. The van der Waals surface area contributed by atoms with Gasteiger partial charge in [-0.1, -0.05) is 42.0 Å². The zero-order valence-electron chi connectivity index (χ0n) is 12.5. The van der Waals surface area contributed by atoms with Crippen LogP contribution in [0.2, 0.25) is 5.02 Å². The van der Waals surface area contributed by atoms with E-state index in [1.165, 1.54) is 0 Å². The normalized spacial score (nSPS) is 10.5. The third kappa shape index (κ3) is 7.49. The van der Waals surface area contributed by atoms with Crippen LogP contribution in [-0.4, -0.2) is 17.5 Å². The number of hydrogen-bond acceptors (Lipinski definition) is 4. The average molecular weight is 352 g/mol. The predicted octanol–water partition coefficient (Wildman–Crippen LogP) is 3.15. The SMILES string of the molecule is CC(Oc1ccc(Cl)cc1)C(=O)NNc1ccccc1.NC=S. The minimum absolute atomic E-state index is 0.260. The van der Waals surface area contributed by atoms with Gasteiger partial charge in [-0.3, -0.25) is 15.6 Å². The largest absolute Gasteiger partial charge is 0.481 e. The van der Waals surface area contributed by atoms with Gasteiger partial charge in [-0.25, -0.2) is 0 Å². The lowest BCUT2D eigenvalue weighted by molar-refractivity contribution is -0.126. The van der Waals surface area contributed by atoms with E-state index in [2.05, 4.69) is 28.8 Å². The first-order chi connectivity index (χ1) is 11.1. The molecule has 0 aliphatic rings. The Balaban J connectivity index is 0.000000816. The number of hydrogen-bond donors (Lipinski definition) is 3. The molecule has 0 bridgehead atoms. The third-order valence-corrected chi connectivity index (χ3v) is 2.85. The molecule has 4 N–H and O–H groups in total. The maximum absolute atomic E-state index is 11.9. The zero-order valence-corrected chi connectivity index (χ0v) is 14.1. The van der Waals surface area contributed by atoms with E-state index >= 15 is 0 Å². The van der Waals surface area contributed by atoms with Crippen LogP contribution in [0.5, 0.6) is 5.75 Å². The quantitative estimate of drug-likeness (QED) is 0.570. The van der Waals surface area contributed by atoms with Gasteiger partial charge in [0.1, 0.15) is 5.75 Å². The van der Waals surface area contributed by atoms with Crippen molar-refractivity contribution in [1.82, 2.24) is 5.43 Å². The molecule has 0 heterocycles. The lowest BCUT2D eigenvalue weighted by atomic mass is 10.3. The number of carbonyl (C=O) groups excluding carboxylic acids is 1. The zero-order chi connectivity index (χ0) is 17.1. The molecular weight excluding hydrogens is 334 g/mol. The Bertz CT molecular complexity index is 608. The van der Waals surface area contributed by atoms with E-state index < -0.39 is 6.10 Å². The summed E-state index contributed by atoms with van der Waals surface area (Å²) >= 11 is 9.83. The summed E-state index contributed by atoms with van der Waals surface area (Å²) in [6.07, 6.45) is -0.618. The van der Waals surface area contributed by atoms with Gasteiger partial charge in [-0.05, 0) is 43.3 Å². The number of thiocarbonyl (C=S) groups is 1. The van der Waals surface area contributed by atoms with Crippen molar-refractivity contribution in [3.63, 3.8) is 0 Å². The Morgan fingerprint density at radius 3 is 2.35 bits per heavy atom. The van der Waals surface area contributed by atoms with Crippen LogP contribution in [-0.2, 0) is 4.79 Å². The topological polar surface area (TPSA) is 76.4 Å². The Labute approximate surface area is 145 Å². The number of nitrogens with one attached hydrogen (secondary N) is 2. The van der Waals surface area contributed by atoms with Crippen LogP contribution < -0.4 is 21.3 Å². The monoisotopic (exact) mass is 351 g/mol. The first-order valence-corrected chi connectivity index (χ1v) is 7.60. The van der Waals surface area contributed by atoms with Crippen molar-refractivity contribution in [2.75, 3.05) is 5.43 Å². The van der Waals surface area contributed by atoms with Gasteiger partial charge in [0.15, 0.2) is 6.10 Å². The van der Waals surface area contributed by atoms with Gasteiger partial charge in [0.05, 0.1) is 11.2 Å². The Hall–Kier alpha value is -2.31. The van der Waals surface area contributed by atoms with Crippen molar-refractivity contribution in [2.45, 2.75) is 13.0 Å². The van der Waals surface area contributed by atoms with Gasteiger partial charge in [-0.2, -0.15) is 0 Å². The number of benzene rings is 2. The lowest BCUT2D eigenvalue weighted by Crippen LogP contribution is -2.39. The highest BCUT2D eigenvalue weighted by Gasteiger charge is 2.14. The van der Waals surface area contributed by atoms with Crippen LogP contribution in [0.25, 0.3) is 0 Å². The molecule has 23 heavy (non-hydrogen) atoms. The summed E-state index contributed by atoms with van der Waals surface area (Å²) < 4.78 is 5.51. The summed E-state index contributed by atoms with van der Waals surface area (Å²) in [5, 5.41) is 0.625. The van der Waals surface area contributed by atoms with Crippen molar-refractivity contribution < 1.29 is 9.53 Å².